The Morgan fingerprint density at radius 3 is 3.00 bits per heavy atom. The summed E-state index contributed by atoms with van der Waals surface area (Å²) in [4.78, 5) is 14.1. The summed E-state index contributed by atoms with van der Waals surface area (Å²) < 4.78 is 0. The molecule has 1 aromatic carbocycles. The molecule has 86 valence electrons. The van der Waals surface area contributed by atoms with Gasteiger partial charge in [-0.25, -0.2) is 0 Å². The van der Waals surface area contributed by atoms with Gasteiger partial charge in [-0.2, -0.15) is 4.89 Å². The van der Waals surface area contributed by atoms with Gasteiger partial charge in [0.15, 0.2) is 5.75 Å². The van der Waals surface area contributed by atoms with E-state index in [9.17, 15) is 0 Å². The van der Waals surface area contributed by atoms with Gasteiger partial charge in [0.2, 0.25) is 0 Å². The maximum Gasteiger partial charge on any atom is 0.168 e. The Kier molecular flexibility index (Phi) is 3.41. The molecule has 0 radical (unpaired) electrons. The van der Waals surface area contributed by atoms with E-state index in [2.05, 4.69) is 21.3 Å². The van der Waals surface area contributed by atoms with Gasteiger partial charge >= 0.3 is 0 Å². The van der Waals surface area contributed by atoms with E-state index in [0.717, 1.165) is 36.7 Å². The third kappa shape index (κ3) is 2.52. The Balaban J connectivity index is 2.12. The average molecular weight is 220 g/mol. The molecular formula is C12H16N2O2. The molecule has 0 aromatic heterocycles. The summed E-state index contributed by atoms with van der Waals surface area (Å²) in [5, 5.41) is 3.25. The van der Waals surface area contributed by atoms with Crippen molar-refractivity contribution in [2.75, 3.05) is 20.2 Å². The summed E-state index contributed by atoms with van der Waals surface area (Å²) in [5.41, 5.74) is 2.23. The molecule has 1 aliphatic rings. The van der Waals surface area contributed by atoms with Crippen LogP contribution >= 0.6 is 0 Å². The second-order valence-corrected chi connectivity index (χ2v) is 3.78. The van der Waals surface area contributed by atoms with Gasteiger partial charge in [-0.05, 0) is 24.1 Å². The highest BCUT2D eigenvalue weighted by atomic mass is 17.2. The number of nitrogens with one attached hydrogen (secondary N) is 1. The first kappa shape index (κ1) is 11.0. The summed E-state index contributed by atoms with van der Waals surface area (Å²) >= 11 is 0. The van der Waals surface area contributed by atoms with E-state index in [-0.39, 0.29) is 0 Å². The topological polar surface area (TPSA) is 42.9 Å². The lowest BCUT2D eigenvalue weighted by atomic mass is 10.1. The quantitative estimate of drug-likeness (QED) is 0.617. The molecule has 1 N–H and O–H groups in total. The van der Waals surface area contributed by atoms with E-state index in [4.69, 9.17) is 4.89 Å². The molecule has 1 aliphatic heterocycles. The van der Waals surface area contributed by atoms with Gasteiger partial charge in [-0.1, -0.05) is 12.1 Å². The number of aryl methyl sites for hydroxylation is 1. The van der Waals surface area contributed by atoms with E-state index < -0.39 is 0 Å². The van der Waals surface area contributed by atoms with Crippen molar-refractivity contribution in [1.82, 2.24) is 5.32 Å². The molecule has 0 fully saturated rings. The average Bonchev–Trinajstić information content (AvgIpc) is 2.76. The van der Waals surface area contributed by atoms with Crippen molar-refractivity contribution < 1.29 is 9.78 Å². The van der Waals surface area contributed by atoms with Crippen molar-refractivity contribution in [3.05, 3.63) is 29.3 Å². The molecular weight excluding hydrogens is 204 g/mol. The number of benzene rings is 1. The fraction of sp³-hybridized carbons (Fsp3) is 0.417. The van der Waals surface area contributed by atoms with Crippen LogP contribution in [0.5, 0.6) is 5.75 Å². The smallest absolute Gasteiger partial charge is 0.168 e. The molecule has 0 spiro atoms. The number of hydrogen-bond acceptors (Lipinski definition) is 4. The third-order valence-corrected chi connectivity index (χ3v) is 2.54. The van der Waals surface area contributed by atoms with Gasteiger partial charge in [0, 0.05) is 13.0 Å². The van der Waals surface area contributed by atoms with Gasteiger partial charge < -0.3 is 10.2 Å². The number of rotatable bonds is 4. The zero-order valence-electron chi connectivity index (χ0n) is 9.62. The number of nitrogens with zero attached hydrogens (tertiary/aromatic N) is 1. The highest BCUT2D eigenvalue weighted by Crippen LogP contribution is 2.20. The van der Waals surface area contributed by atoms with Crippen LogP contribution in [0.2, 0.25) is 0 Å². The third-order valence-electron chi connectivity index (χ3n) is 2.54. The minimum Gasteiger partial charge on any atom is -0.372 e. The SMILES string of the molecule is COOc1cc(CC2=NCCN2)ccc1C. The van der Waals surface area contributed by atoms with Crippen LogP contribution in [-0.2, 0) is 11.3 Å². The van der Waals surface area contributed by atoms with Gasteiger partial charge in [0.05, 0.1) is 13.7 Å². The fourth-order valence-corrected chi connectivity index (χ4v) is 1.69. The lowest BCUT2D eigenvalue weighted by molar-refractivity contribution is -0.178. The van der Waals surface area contributed by atoms with Crippen molar-refractivity contribution in [3.8, 4) is 5.75 Å². The molecule has 16 heavy (non-hydrogen) atoms. The molecule has 0 saturated carbocycles. The number of aliphatic imine (C=N–C) groups is 1. The highest BCUT2D eigenvalue weighted by molar-refractivity contribution is 5.85. The van der Waals surface area contributed by atoms with Crippen LogP contribution in [0.4, 0.5) is 0 Å². The first-order chi connectivity index (χ1) is 7.79. The van der Waals surface area contributed by atoms with E-state index in [1.54, 1.807) is 0 Å². The lowest BCUT2D eigenvalue weighted by Crippen LogP contribution is -2.20. The largest absolute Gasteiger partial charge is 0.372 e. The fourth-order valence-electron chi connectivity index (χ4n) is 1.69. The summed E-state index contributed by atoms with van der Waals surface area (Å²) in [7, 11) is 1.51. The summed E-state index contributed by atoms with van der Waals surface area (Å²) in [6.07, 6.45) is 0.820. The van der Waals surface area contributed by atoms with E-state index in [1.165, 1.54) is 12.7 Å². The molecule has 2 rings (SSSR count). The molecule has 1 heterocycles. The first-order valence-electron chi connectivity index (χ1n) is 5.37. The van der Waals surface area contributed by atoms with Gasteiger partial charge in [-0.3, -0.25) is 4.99 Å². The Bertz CT molecular complexity index is 402. The van der Waals surface area contributed by atoms with E-state index >= 15 is 0 Å². The molecule has 4 heteroatoms. The van der Waals surface area contributed by atoms with Gasteiger partial charge in [0.25, 0.3) is 0 Å². The van der Waals surface area contributed by atoms with Crippen LogP contribution in [0.15, 0.2) is 23.2 Å². The second-order valence-electron chi connectivity index (χ2n) is 3.78. The Morgan fingerprint density at radius 2 is 2.31 bits per heavy atom. The zero-order valence-corrected chi connectivity index (χ0v) is 9.62. The van der Waals surface area contributed by atoms with Crippen molar-refractivity contribution in [2.24, 2.45) is 4.99 Å². The highest BCUT2D eigenvalue weighted by Gasteiger charge is 2.08. The minimum atomic E-state index is 0.763. The van der Waals surface area contributed by atoms with Crippen molar-refractivity contribution in [2.45, 2.75) is 13.3 Å². The minimum absolute atomic E-state index is 0.763. The lowest BCUT2D eigenvalue weighted by Gasteiger charge is -2.08. The van der Waals surface area contributed by atoms with Gasteiger partial charge in [-0.15, -0.1) is 0 Å². The summed E-state index contributed by atoms with van der Waals surface area (Å²) in [6, 6.07) is 6.10. The van der Waals surface area contributed by atoms with Gasteiger partial charge in [0.1, 0.15) is 5.84 Å². The number of amidine groups is 1. The van der Waals surface area contributed by atoms with Crippen molar-refractivity contribution in [3.63, 3.8) is 0 Å². The molecule has 0 atom stereocenters. The van der Waals surface area contributed by atoms with Crippen LogP contribution in [0, 0.1) is 6.92 Å². The maximum absolute atomic E-state index is 5.08. The Morgan fingerprint density at radius 1 is 1.44 bits per heavy atom. The molecule has 0 aliphatic carbocycles. The molecule has 1 aromatic rings. The predicted octanol–water partition coefficient (Wildman–Crippen LogP) is 1.48. The predicted molar refractivity (Wildman–Crippen MR) is 62.8 cm³/mol. The second kappa shape index (κ2) is 4.99. The van der Waals surface area contributed by atoms with Crippen LogP contribution in [0.25, 0.3) is 0 Å². The molecule has 0 amide bonds. The summed E-state index contributed by atoms with van der Waals surface area (Å²) in [5.74, 6) is 1.81. The normalized spacial score (nSPS) is 14.5. The Hall–Kier alpha value is -1.55. The van der Waals surface area contributed by atoms with Crippen molar-refractivity contribution >= 4 is 5.84 Å². The molecule has 0 unspecified atom stereocenters. The molecule has 0 saturated heterocycles. The standard InChI is InChI=1S/C12H16N2O2/c1-9-3-4-10(7-11(9)16-15-2)8-12-13-5-6-14-12/h3-4,7H,5-6,8H2,1-2H3,(H,13,14). The van der Waals surface area contributed by atoms with E-state index in [0.29, 0.717) is 0 Å². The monoisotopic (exact) mass is 220 g/mol. The van der Waals surface area contributed by atoms with Crippen LogP contribution in [0.3, 0.4) is 0 Å². The molecule has 0 bridgehead atoms. The Labute approximate surface area is 95.2 Å². The van der Waals surface area contributed by atoms with Crippen LogP contribution in [0.1, 0.15) is 11.1 Å². The van der Waals surface area contributed by atoms with Crippen molar-refractivity contribution in [1.29, 1.82) is 0 Å². The van der Waals surface area contributed by atoms with Crippen LogP contribution < -0.4 is 10.2 Å². The molecule has 4 nitrogen and oxygen atoms in total. The summed E-state index contributed by atoms with van der Waals surface area (Å²) in [6.45, 7) is 3.81. The number of hydrogen-bond donors (Lipinski definition) is 1. The maximum atomic E-state index is 5.08. The zero-order chi connectivity index (χ0) is 11.4. The van der Waals surface area contributed by atoms with Crippen LogP contribution in [-0.4, -0.2) is 26.0 Å². The van der Waals surface area contributed by atoms with E-state index in [1.807, 2.05) is 19.1 Å². The first-order valence-corrected chi connectivity index (χ1v) is 5.37.